The molecule has 0 spiro atoms. The van der Waals surface area contributed by atoms with Crippen LogP contribution in [0.4, 0.5) is 22.0 Å². The zero-order valence-corrected chi connectivity index (χ0v) is 18.8. The van der Waals surface area contributed by atoms with Crippen LogP contribution in [0, 0.1) is 29.1 Å². The molecule has 2 aromatic heterocycles. The molecule has 0 saturated heterocycles. The molecular weight excluding hydrogens is 485 g/mol. The third-order valence-corrected chi connectivity index (χ3v) is 6.80. The molecule has 7 aromatic rings. The summed E-state index contributed by atoms with van der Waals surface area (Å²) < 4.78 is 78.9. The molecule has 0 aliphatic carbocycles. The zero-order valence-electron chi connectivity index (χ0n) is 18.8. The fourth-order valence-corrected chi connectivity index (χ4v) is 5.15. The van der Waals surface area contributed by atoms with Crippen molar-refractivity contribution < 1.29 is 26.4 Å². The summed E-state index contributed by atoms with van der Waals surface area (Å²) in [6.07, 6.45) is 0. The van der Waals surface area contributed by atoms with E-state index in [2.05, 4.69) is 0 Å². The van der Waals surface area contributed by atoms with Crippen molar-refractivity contribution in [3.8, 4) is 16.8 Å². The molecule has 0 unspecified atom stereocenters. The SMILES string of the molecule is Fc1c(F)c(F)c(-c2ccc3c(c2)c2ccccc2n3-c2cccc3c2oc2ccccc23)c(F)c1F. The van der Waals surface area contributed by atoms with Crippen molar-refractivity contribution in [3.05, 3.63) is 114 Å². The van der Waals surface area contributed by atoms with E-state index in [1.54, 1.807) is 6.07 Å². The third-order valence-electron chi connectivity index (χ3n) is 6.80. The largest absolute Gasteiger partial charge is 0.454 e. The number of rotatable bonds is 2. The molecule has 7 rings (SSSR count). The maximum absolute atomic E-state index is 14.6. The second kappa shape index (κ2) is 7.67. The first-order valence-corrected chi connectivity index (χ1v) is 11.4. The van der Waals surface area contributed by atoms with Crippen molar-refractivity contribution in [2.24, 2.45) is 0 Å². The second-order valence-electron chi connectivity index (χ2n) is 8.78. The number of hydrogen-bond donors (Lipinski definition) is 0. The Morgan fingerprint density at radius 2 is 1.14 bits per heavy atom. The summed E-state index contributed by atoms with van der Waals surface area (Å²) in [5, 5.41) is 3.23. The highest BCUT2D eigenvalue weighted by molar-refractivity contribution is 6.13. The summed E-state index contributed by atoms with van der Waals surface area (Å²) in [6.45, 7) is 0. The zero-order chi connectivity index (χ0) is 25.4. The van der Waals surface area contributed by atoms with Crippen molar-refractivity contribution in [3.63, 3.8) is 0 Å². The molecule has 7 heteroatoms. The number of hydrogen-bond acceptors (Lipinski definition) is 1. The van der Waals surface area contributed by atoms with Gasteiger partial charge in [0.15, 0.2) is 28.9 Å². The minimum atomic E-state index is -2.18. The highest BCUT2D eigenvalue weighted by atomic mass is 19.2. The van der Waals surface area contributed by atoms with Crippen molar-refractivity contribution in [1.82, 2.24) is 4.57 Å². The lowest BCUT2D eigenvalue weighted by molar-refractivity contribution is 0.381. The van der Waals surface area contributed by atoms with E-state index in [1.165, 1.54) is 12.1 Å². The van der Waals surface area contributed by atoms with Gasteiger partial charge in [0.2, 0.25) is 5.82 Å². The first-order valence-electron chi connectivity index (χ1n) is 11.4. The molecule has 2 heterocycles. The van der Waals surface area contributed by atoms with Gasteiger partial charge < -0.3 is 8.98 Å². The summed E-state index contributed by atoms with van der Waals surface area (Å²) in [4.78, 5) is 0. The maximum Gasteiger partial charge on any atom is 0.200 e. The van der Waals surface area contributed by atoms with Crippen LogP contribution in [0.1, 0.15) is 0 Å². The monoisotopic (exact) mass is 499 g/mol. The molecule has 2 nitrogen and oxygen atoms in total. The van der Waals surface area contributed by atoms with Crippen LogP contribution < -0.4 is 0 Å². The van der Waals surface area contributed by atoms with Gasteiger partial charge in [-0.25, -0.2) is 22.0 Å². The molecule has 37 heavy (non-hydrogen) atoms. The van der Waals surface area contributed by atoms with Crippen molar-refractivity contribution in [2.45, 2.75) is 0 Å². The Bertz CT molecular complexity index is 2020. The lowest BCUT2D eigenvalue weighted by atomic mass is 10.0. The second-order valence-corrected chi connectivity index (χ2v) is 8.78. The number of benzene rings is 5. The van der Waals surface area contributed by atoms with Gasteiger partial charge in [-0.05, 0) is 35.9 Å². The number of nitrogens with zero attached hydrogens (tertiary/aromatic N) is 1. The minimum absolute atomic E-state index is 0.120. The van der Waals surface area contributed by atoms with E-state index in [-0.39, 0.29) is 5.56 Å². The van der Waals surface area contributed by atoms with Gasteiger partial charge in [0, 0.05) is 21.5 Å². The van der Waals surface area contributed by atoms with E-state index in [1.807, 2.05) is 71.3 Å². The van der Waals surface area contributed by atoms with E-state index in [4.69, 9.17) is 4.42 Å². The smallest absolute Gasteiger partial charge is 0.200 e. The van der Waals surface area contributed by atoms with E-state index in [9.17, 15) is 22.0 Å². The van der Waals surface area contributed by atoms with Gasteiger partial charge in [-0.15, -0.1) is 0 Å². The van der Waals surface area contributed by atoms with Crippen LogP contribution in [0.3, 0.4) is 0 Å². The molecule has 5 aromatic carbocycles. The molecule has 180 valence electrons. The maximum atomic E-state index is 14.6. The summed E-state index contributed by atoms with van der Waals surface area (Å²) in [5.74, 6) is -9.88. The average molecular weight is 499 g/mol. The first kappa shape index (κ1) is 21.6. The van der Waals surface area contributed by atoms with Crippen molar-refractivity contribution in [2.75, 3.05) is 0 Å². The number of para-hydroxylation sites is 3. The molecule has 0 N–H and O–H groups in total. The number of fused-ring (bicyclic) bond motifs is 6. The molecular formula is C30H14F5NO. The van der Waals surface area contributed by atoms with Crippen LogP contribution in [0.5, 0.6) is 0 Å². The Kier molecular flexibility index (Phi) is 4.48. The lowest BCUT2D eigenvalue weighted by Crippen LogP contribution is -2.04. The van der Waals surface area contributed by atoms with Gasteiger partial charge in [-0.3, -0.25) is 0 Å². The Balaban J connectivity index is 1.56. The van der Waals surface area contributed by atoms with E-state index >= 15 is 0 Å². The van der Waals surface area contributed by atoms with E-state index in [0.29, 0.717) is 16.5 Å². The number of furan rings is 1. The molecule has 0 amide bonds. The average Bonchev–Trinajstić information content (AvgIpc) is 3.47. The highest BCUT2D eigenvalue weighted by Crippen LogP contribution is 2.40. The molecule has 0 fully saturated rings. The van der Waals surface area contributed by atoms with E-state index in [0.717, 1.165) is 32.9 Å². The van der Waals surface area contributed by atoms with Gasteiger partial charge >= 0.3 is 0 Å². The molecule has 0 radical (unpaired) electrons. The van der Waals surface area contributed by atoms with Crippen LogP contribution in [0.25, 0.3) is 60.6 Å². The van der Waals surface area contributed by atoms with Gasteiger partial charge in [-0.1, -0.05) is 54.6 Å². The van der Waals surface area contributed by atoms with Crippen LogP contribution in [0.15, 0.2) is 89.3 Å². The molecule has 0 atom stereocenters. The highest BCUT2D eigenvalue weighted by Gasteiger charge is 2.27. The van der Waals surface area contributed by atoms with Crippen LogP contribution in [-0.2, 0) is 0 Å². The summed E-state index contributed by atoms with van der Waals surface area (Å²) in [5.41, 5.74) is 2.54. The number of aromatic nitrogens is 1. The Morgan fingerprint density at radius 3 is 1.92 bits per heavy atom. The predicted molar refractivity (Wildman–Crippen MR) is 133 cm³/mol. The Hall–Kier alpha value is -4.65. The Labute approximate surface area is 205 Å². The van der Waals surface area contributed by atoms with Crippen LogP contribution >= 0.6 is 0 Å². The Morgan fingerprint density at radius 1 is 0.514 bits per heavy atom. The summed E-state index contributed by atoms with van der Waals surface area (Å²) in [7, 11) is 0. The first-order chi connectivity index (χ1) is 18.0. The van der Waals surface area contributed by atoms with Crippen LogP contribution in [0.2, 0.25) is 0 Å². The quantitative estimate of drug-likeness (QED) is 0.132. The summed E-state index contributed by atoms with van der Waals surface area (Å²) in [6, 6.07) is 25.3. The third kappa shape index (κ3) is 2.91. The van der Waals surface area contributed by atoms with Crippen molar-refractivity contribution >= 4 is 43.7 Å². The normalized spacial score (nSPS) is 11.9. The van der Waals surface area contributed by atoms with Crippen LogP contribution in [-0.4, -0.2) is 4.57 Å². The topological polar surface area (TPSA) is 18.1 Å². The molecule has 0 saturated carbocycles. The van der Waals surface area contributed by atoms with Crippen molar-refractivity contribution in [1.29, 1.82) is 0 Å². The summed E-state index contributed by atoms with van der Waals surface area (Å²) >= 11 is 0. The lowest BCUT2D eigenvalue weighted by Gasteiger charge is -2.10. The fourth-order valence-electron chi connectivity index (χ4n) is 5.15. The number of halogens is 5. The molecule has 0 aliphatic rings. The van der Waals surface area contributed by atoms with E-state index < -0.39 is 34.6 Å². The van der Waals surface area contributed by atoms with Gasteiger partial charge in [-0.2, -0.15) is 0 Å². The minimum Gasteiger partial charge on any atom is -0.454 e. The standard InChI is InChI=1S/C30H14F5NO/c31-25-24(26(32)28(34)29(35)27(25)33)15-12-13-21-19(14-15)16-6-1-3-9-20(16)36(21)22-10-5-8-18-17-7-2-4-11-23(17)37-30(18)22/h1-14H. The van der Waals surface area contributed by atoms with Gasteiger partial charge in [0.1, 0.15) is 5.58 Å². The molecule has 0 aliphatic heterocycles. The predicted octanol–water partition coefficient (Wildman–Crippen LogP) is 9.05. The van der Waals surface area contributed by atoms with Gasteiger partial charge in [0.05, 0.1) is 22.3 Å². The molecule has 0 bridgehead atoms. The van der Waals surface area contributed by atoms with Gasteiger partial charge in [0.25, 0.3) is 0 Å². The fraction of sp³-hybridized carbons (Fsp3) is 0.